The highest BCUT2D eigenvalue weighted by Crippen LogP contribution is 2.25. The van der Waals surface area contributed by atoms with E-state index in [1.165, 1.54) is 6.07 Å². The Labute approximate surface area is 123 Å². The zero-order valence-corrected chi connectivity index (χ0v) is 12.1. The van der Waals surface area contributed by atoms with Crippen LogP contribution < -0.4 is 5.73 Å². The standard InChI is InChI=1S/C15H18ClFN2O/c1-2-19(10-12-4-3-7-20-12)15(9-18)11-5-6-14(17)13(16)8-11/h3-8,15H,2,9-10,18H2,1H3. The predicted octanol–water partition coefficient (Wildman–Crippen LogP) is 3.59. The Morgan fingerprint density at radius 2 is 2.20 bits per heavy atom. The Bertz CT molecular complexity index is 545. The van der Waals surface area contributed by atoms with E-state index in [2.05, 4.69) is 11.8 Å². The van der Waals surface area contributed by atoms with Gasteiger partial charge in [0.05, 0.1) is 17.8 Å². The third-order valence-electron chi connectivity index (χ3n) is 3.34. The van der Waals surface area contributed by atoms with Crippen LogP contribution in [0.1, 0.15) is 24.3 Å². The Kier molecular flexibility index (Phi) is 5.17. The number of benzene rings is 1. The summed E-state index contributed by atoms with van der Waals surface area (Å²) in [5.41, 5.74) is 6.80. The summed E-state index contributed by atoms with van der Waals surface area (Å²) in [6.45, 7) is 3.94. The summed E-state index contributed by atoms with van der Waals surface area (Å²) in [5, 5.41) is 0.120. The van der Waals surface area contributed by atoms with Crippen LogP contribution in [-0.4, -0.2) is 18.0 Å². The fourth-order valence-corrected chi connectivity index (χ4v) is 2.45. The van der Waals surface area contributed by atoms with Crippen LogP contribution in [0.25, 0.3) is 0 Å². The number of rotatable bonds is 6. The maximum absolute atomic E-state index is 13.3. The second-order valence-corrected chi connectivity index (χ2v) is 4.97. The van der Waals surface area contributed by atoms with Crippen LogP contribution in [-0.2, 0) is 6.54 Å². The molecule has 1 unspecified atom stereocenters. The van der Waals surface area contributed by atoms with E-state index in [9.17, 15) is 4.39 Å². The van der Waals surface area contributed by atoms with Gasteiger partial charge in [-0.05, 0) is 36.4 Å². The van der Waals surface area contributed by atoms with E-state index in [0.29, 0.717) is 13.1 Å². The highest BCUT2D eigenvalue weighted by atomic mass is 35.5. The lowest BCUT2D eigenvalue weighted by Gasteiger charge is -2.29. The van der Waals surface area contributed by atoms with Gasteiger partial charge in [-0.3, -0.25) is 4.90 Å². The van der Waals surface area contributed by atoms with Crippen molar-refractivity contribution in [3.63, 3.8) is 0 Å². The Morgan fingerprint density at radius 3 is 2.75 bits per heavy atom. The van der Waals surface area contributed by atoms with Crippen LogP contribution in [0, 0.1) is 5.82 Å². The Balaban J connectivity index is 2.21. The number of nitrogens with zero attached hydrogens (tertiary/aromatic N) is 1. The van der Waals surface area contributed by atoms with Gasteiger partial charge in [0.1, 0.15) is 11.6 Å². The first-order valence-corrected chi connectivity index (χ1v) is 6.95. The van der Waals surface area contributed by atoms with Crippen LogP contribution >= 0.6 is 11.6 Å². The lowest BCUT2D eigenvalue weighted by atomic mass is 10.0. The summed E-state index contributed by atoms with van der Waals surface area (Å²) in [4.78, 5) is 2.17. The summed E-state index contributed by atoms with van der Waals surface area (Å²) < 4.78 is 18.6. The SMILES string of the molecule is CCN(Cc1ccco1)C(CN)c1ccc(F)c(Cl)c1. The zero-order chi connectivity index (χ0) is 14.5. The molecule has 20 heavy (non-hydrogen) atoms. The summed E-state index contributed by atoms with van der Waals surface area (Å²) in [7, 11) is 0. The molecule has 1 aromatic heterocycles. The summed E-state index contributed by atoms with van der Waals surface area (Å²) in [6.07, 6.45) is 1.65. The van der Waals surface area contributed by atoms with Gasteiger partial charge in [0.2, 0.25) is 0 Å². The lowest BCUT2D eigenvalue weighted by molar-refractivity contribution is 0.188. The quantitative estimate of drug-likeness (QED) is 0.886. The van der Waals surface area contributed by atoms with Crippen molar-refractivity contribution in [3.05, 3.63) is 58.8 Å². The molecule has 0 saturated carbocycles. The smallest absolute Gasteiger partial charge is 0.141 e. The first-order valence-electron chi connectivity index (χ1n) is 6.57. The molecule has 3 nitrogen and oxygen atoms in total. The molecule has 0 spiro atoms. The van der Waals surface area contributed by atoms with Crippen LogP contribution in [0.3, 0.4) is 0 Å². The van der Waals surface area contributed by atoms with Gasteiger partial charge in [-0.2, -0.15) is 0 Å². The first kappa shape index (κ1) is 15.0. The fraction of sp³-hybridized carbons (Fsp3) is 0.333. The van der Waals surface area contributed by atoms with Crippen molar-refractivity contribution < 1.29 is 8.81 Å². The topological polar surface area (TPSA) is 42.4 Å². The lowest BCUT2D eigenvalue weighted by Crippen LogP contribution is -2.33. The molecule has 1 atom stereocenters. The molecular formula is C15H18ClFN2O. The first-order chi connectivity index (χ1) is 9.65. The van der Waals surface area contributed by atoms with Crippen molar-refractivity contribution in [1.82, 2.24) is 4.90 Å². The monoisotopic (exact) mass is 296 g/mol. The van der Waals surface area contributed by atoms with Crippen molar-refractivity contribution in [2.75, 3.05) is 13.1 Å². The number of likely N-dealkylation sites (N-methyl/N-ethyl adjacent to an activating group) is 1. The molecule has 2 aromatic rings. The minimum atomic E-state index is -0.416. The van der Waals surface area contributed by atoms with E-state index < -0.39 is 5.82 Å². The highest BCUT2D eigenvalue weighted by molar-refractivity contribution is 6.30. The van der Waals surface area contributed by atoms with Gasteiger partial charge in [0, 0.05) is 12.6 Å². The summed E-state index contributed by atoms with van der Waals surface area (Å²) in [5.74, 6) is 0.457. The number of halogens is 2. The molecule has 0 fully saturated rings. The van der Waals surface area contributed by atoms with E-state index in [0.717, 1.165) is 17.9 Å². The number of furan rings is 1. The van der Waals surface area contributed by atoms with Gasteiger partial charge in [-0.15, -0.1) is 0 Å². The van der Waals surface area contributed by atoms with E-state index in [1.807, 2.05) is 12.1 Å². The third kappa shape index (κ3) is 3.39. The Hall–Kier alpha value is -1.36. The minimum absolute atomic E-state index is 0.0248. The fourth-order valence-electron chi connectivity index (χ4n) is 2.26. The Morgan fingerprint density at radius 1 is 1.40 bits per heavy atom. The largest absolute Gasteiger partial charge is 0.468 e. The summed E-state index contributed by atoms with van der Waals surface area (Å²) in [6, 6.07) is 8.50. The van der Waals surface area contributed by atoms with Gasteiger partial charge in [-0.25, -0.2) is 4.39 Å². The number of hydrogen-bond acceptors (Lipinski definition) is 3. The molecule has 0 bridgehead atoms. The van der Waals surface area contributed by atoms with Crippen molar-refractivity contribution >= 4 is 11.6 Å². The second-order valence-electron chi connectivity index (χ2n) is 4.57. The predicted molar refractivity (Wildman–Crippen MR) is 78.0 cm³/mol. The second kappa shape index (κ2) is 6.88. The third-order valence-corrected chi connectivity index (χ3v) is 3.63. The van der Waals surface area contributed by atoms with Crippen LogP contribution in [0.15, 0.2) is 41.0 Å². The molecule has 0 aliphatic heterocycles. The average Bonchev–Trinajstić information content (AvgIpc) is 2.95. The van der Waals surface area contributed by atoms with Crippen LogP contribution in [0.4, 0.5) is 4.39 Å². The van der Waals surface area contributed by atoms with E-state index in [1.54, 1.807) is 18.4 Å². The van der Waals surface area contributed by atoms with E-state index >= 15 is 0 Å². The van der Waals surface area contributed by atoms with E-state index in [-0.39, 0.29) is 11.1 Å². The minimum Gasteiger partial charge on any atom is -0.468 e. The average molecular weight is 297 g/mol. The van der Waals surface area contributed by atoms with Gasteiger partial charge in [0.25, 0.3) is 0 Å². The van der Waals surface area contributed by atoms with Crippen molar-refractivity contribution in [1.29, 1.82) is 0 Å². The number of hydrogen-bond donors (Lipinski definition) is 1. The molecule has 0 radical (unpaired) electrons. The van der Waals surface area contributed by atoms with Crippen LogP contribution in [0.5, 0.6) is 0 Å². The molecule has 1 aromatic carbocycles. The van der Waals surface area contributed by atoms with Gasteiger partial charge < -0.3 is 10.2 Å². The van der Waals surface area contributed by atoms with Gasteiger partial charge in [0.15, 0.2) is 0 Å². The molecule has 1 heterocycles. The van der Waals surface area contributed by atoms with Gasteiger partial charge in [-0.1, -0.05) is 24.6 Å². The number of nitrogens with two attached hydrogens (primary N) is 1. The van der Waals surface area contributed by atoms with Crippen LogP contribution in [0.2, 0.25) is 5.02 Å². The molecule has 0 amide bonds. The van der Waals surface area contributed by atoms with Crippen molar-refractivity contribution in [2.45, 2.75) is 19.5 Å². The molecule has 0 aliphatic carbocycles. The van der Waals surface area contributed by atoms with Gasteiger partial charge >= 0.3 is 0 Å². The molecule has 0 aliphatic rings. The molecule has 108 valence electrons. The maximum Gasteiger partial charge on any atom is 0.141 e. The zero-order valence-electron chi connectivity index (χ0n) is 11.4. The molecule has 2 rings (SSSR count). The highest BCUT2D eigenvalue weighted by Gasteiger charge is 2.19. The normalized spacial score (nSPS) is 12.8. The van der Waals surface area contributed by atoms with Crippen molar-refractivity contribution in [3.8, 4) is 0 Å². The maximum atomic E-state index is 13.3. The molecular weight excluding hydrogens is 279 g/mol. The van der Waals surface area contributed by atoms with Crippen molar-refractivity contribution in [2.24, 2.45) is 5.73 Å². The van der Waals surface area contributed by atoms with E-state index in [4.69, 9.17) is 21.8 Å². The molecule has 0 saturated heterocycles. The molecule has 2 N–H and O–H groups in total. The summed E-state index contributed by atoms with van der Waals surface area (Å²) >= 11 is 5.85. The molecule has 5 heteroatoms.